The molecule has 1 heterocycles. The number of aryl methyl sites for hydroxylation is 2. The highest BCUT2D eigenvalue weighted by Crippen LogP contribution is 2.22. The minimum atomic E-state index is -0.679. The van der Waals surface area contributed by atoms with Crippen LogP contribution in [0.25, 0.3) is 0 Å². The topological polar surface area (TPSA) is 79.5 Å². The van der Waals surface area contributed by atoms with Gasteiger partial charge >= 0.3 is 5.97 Å². The van der Waals surface area contributed by atoms with Gasteiger partial charge in [-0.05, 0) is 52.3 Å². The molecule has 144 valence electrons. The summed E-state index contributed by atoms with van der Waals surface area (Å²) in [5, 5.41) is 0. The summed E-state index contributed by atoms with van der Waals surface area (Å²) in [7, 11) is 1.61. The smallest absolute Gasteiger partial charge is 0.355 e. The molecule has 0 aliphatic heterocycles. The third kappa shape index (κ3) is 4.10. The Hall–Kier alpha value is -2.89. The van der Waals surface area contributed by atoms with Gasteiger partial charge in [-0.15, -0.1) is 0 Å². The van der Waals surface area contributed by atoms with Gasteiger partial charge in [-0.2, -0.15) is 0 Å². The third-order valence-electron chi connectivity index (χ3n) is 4.74. The van der Waals surface area contributed by atoms with Crippen molar-refractivity contribution in [1.82, 2.24) is 9.88 Å². The molecule has 0 saturated heterocycles. The molecular weight excluding hydrogens is 344 g/mol. The molecule has 1 aromatic heterocycles. The molecule has 0 unspecified atom stereocenters. The largest absolute Gasteiger partial charge is 0.461 e. The number of ketones is 1. The molecule has 0 aliphatic carbocycles. The van der Waals surface area contributed by atoms with Gasteiger partial charge in [-0.3, -0.25) is 9.59 Å². The number of rotatable bonds is 6. The molecule has 2 rings (SSSR count). The van der Waals surface area contributed by atoms with Gasteiger partial charge in [0.1, 0.15) is 5.69 Å². The fourth-order valence-corrected chi connectivity index (χ4v) is 2.99. The predicted octanol–water partition coefficient (Wildman–Crippen LogP) is 3.46. The Morgan fingerprint density at radius 2 is 1.70 bits per heavy atom. The van der Waals surface area contributed by atoms with E-state index in [1.54, 1.807) is 46.9 Å². The Morgan fingerprint density at radius 3 is 2.26 bits per heavy atom. The summed E-state index contributed by atoms with van der Waals surface area (Å²) in [5.74, 6) is -0.944. The lowest BCUT2D eigenvalue weighted by molar-refractivity contribution is 0.0519. The van der Waals surface area contributed by atoms with Gasteiger partial charge in [-0.25, -0.2) is 4.79 Å². The van der Waals surface area contributed by atoms with Crippen molar-refractivity contribution in [2.75, 3.05) is 13.7 Å². The predicted molar refractivity (Wildman–Crippen MR) is 103 cm³/mol. The van der Waals surface area contributed by atoms with E-state index in [-0.39, 0.29) is 24.0 Å². The van der Waals surface area contributed by atoms with E-state index >= 15 is 0 Å². The molecule has 6 nitrogen and oxygen atoms in total. The summed E-state index contributed by atoms with van der Waals surface area (Å²) in [6.45, 7) is 9.05. The summed E-state index contributed by atoms with van der Waals surface area (Å²) in [4.78, 5) is 42.1. The van der Waals surface area contributed by atoms with Crippen LogP contribution in [-0.2, 0) is 4.74 Å². The Morgan fingerprint density at radius 1 is 1.11 bits per heavy atom. The number of nitrogens with zero attached hydrogens (tertiary/aromatic N) is 1. The number of carbonyl (C=O) groups is 3. The average molecular weight is 370 g/mol. The highest BCUT2D eigenvalue weighted by Gasteiger charge is 2.29. The number of Topliss-reactive ketones (excluding diaryl/α,β-unsaturated/α-hetero) is 1. The molecule has 1 N–H and O–H groups in total. The monoisotopic (exact) mass is 370 g/mol. The van der Waals surface area contributed by atoms with Crippen LogP contribution in [-0.4, -0.2) is 47.2 Å². The second-order valence-corrected chi connectivity index (χ2v) is 6.67. The maximum absolute atomic E-state index is 13.0. The molecule has 0 aliphatic rings. The molecule has 0 saturated carbocycles. The quantitative estimate of drug-likeness (QED) is 0.624. The fourth-order valence-electron chi connectivity index (χ4n) is 2.99. The number of hydrogen-bond donors (Lipinski definition) is 1. The second kappa shape index (κ2) is 8.20. The number of nitrogens with one attached hydrogen (secondary N) is 1. The van der Waals surface area contributed by atoms with Crippen LogP contribution < -0.4 is 0 Å². The first-order valence-corrected chi connectivity index (χ1v) is 8.93. The molecule has 0 spiro atoms. The molecular formula is C21H26N2O4. The van der Waals surface area contributed by atoms with Crippen molar-refractivity contribution in [3.8, 4) is 0 Å². The summed E-state index contributed by atoms with van der Waals surface area (Å²) in [6.07, 6.45) is 0. The molecule has 0 fully saturated rings. The van der Waals surface area contributed by atoms with Gasteiger partial charge < -0.3 is 14.6 Å². The number of ether oxygens (including phenoxy) is 1. The van der Waals surface area contributed by atoms with Gasteiger partial charge in [-0.1, -0.05) is 17.7 Å². The van der Waals surface area contributed by atoms with E-state index in [1.807, 2.05) is 19.1 Å². The molecule has 1 atom stereocenters. The Labute approximate surface area is 159 Å². The number of aromatic nitrogens is 1. The first kappa shape index (κ1) is 20.4. The van der Waals surface area contributed by atoms with Crippen LogP contribution in [0.2, 0.25) is 0 Å². The van der Waals surface area contributed by atoms with Gasteiger partial charge in [0.2, 0.25) is 0 Å². The summed E-state index contributed by atoms with van der Waals surface area (Å²) < 4.78 is 5.02. The number of hydrogen-bond acceptors (Lipinski definition) is 4. The summed E-state index contributed by atoms with van der Waals surface area (Å²) in [6, 6.07) is 6.54. The van der Waals surface area contributed by atoms with Crippen LogP contribution in [0.3, 0.4) is 0 Å². The number of aromatic amines is 1. The van der Waals surface area contributed by atoms with Crippen LogP contribution in [0.15, 0.2) is 24.3 Å². The molecule has 1 aromatic carbocycles. The van der Waals surface area contributed by atoms with Crippen LogP contribution in [0.4, 0.5) is 0 Å². The number of benzene rings is 1. The van der Waals surface area contributed by atoms with E-state index in [4.69, 9.17) is 4.74 Å². The third-order valence-corrected chi connectivity index (χ3v) is 4.74. The van der Waals surface area contributed by atoms with E-state index < -0.39 is 12.0 Å². The Kier molecular flexibility index (Phi) is 6.20. The van der Waals surface area contributed by atoms with Crippen molar-refractivity contribution in [2.45, 2.75) is 40.7 Å². The summed E-state index contributed by atoms with van der Waals surface area (Å²) >= 11 is 0. The molecule has 0 radical (unpaired) electrons. The SMILES string of the molecule is CCOC(=O)c1[nH]c(C)c(C(=O)[C@H](C)N(C)C(=O)c2ccc(C)cc2)c1C. The van der Waals surface area contributed by atoms with Gasteiger partial charge in [0.25, 0.3) is 5.91 Å². The lowest BCUT2D eigenvalue weighted by Gasteiger charge is -2.24. The van der Waals surface area contributed by atoms with Crippen LogP contribution in [0.5, 0.6) is 0 Å². The Bertz CT molecular complexity index is 865. The molecule has 1 amide bonds. The van der Waals surface area contributed by atoms with Crippen molar-refractivity contribution >= 4 is 17.7 Å². The van der Waals surface area contributed by atoms with Crippen molar-refractivity contribution in [3.63, 3.8) is 0 Å². The first-order chi connectivity index (χ1) is 12.7. The van der Waals surface area contributed by atoms with Crippen LogP contribution >= 0.6 is 0 Å². The lowest BCUT2D eigenvalue weighted by atomic mass is 9.99. The Balaban J connectivity index is 2.27. The number of likely N-dealkylation sites (N-methyl/N-ethyl adjacent to an activating group) is 1. The van der Waals surface area contributed by atoms with Crippen molar-refractivity contribution in [1.29, 1.82) is 0 Å². The highest BCUT2D eigenvalue weighted by molar-refractivity contribution is 6.07. The van der Waals surface area contributed by atoms with E-state index in [0.717, 1.165) is 5.56 Å². The standard InChI is InChI=1S/C21H26N2O4/c1-7-27-21(26)18-13(3)17(14(4)22-18)19(24)15(5)23(6)20(25)16-10-8-12(2)9-11-16/h8-11,15,22H,7H2,1-6H3/t15-/m0/s1. The van der Waals surface area contributed by atoms with Gasteiger partial charge in [0.05, 0.1) is 12.6 Å². The number of carbonyl (C=O) groups excluding carboxylic acids is 3. The maximum Gasteiger partial charge on any atom is 0.355 e. The minimum Gasteiger partial charge on any atom is -0.461 e. The number of H-pyrrole nitrogens is 1. The molecule has 2 aromatic rings. The second-order valence-electron chi connectivity index (χ2n) is 6.67. The fraction of sp³-hybridized carbons (Fsp3) is 0.381. The zero-order chi connectivity index (χ0) is 20.3. The van der Waals surface area contributed by atoms with Crippen LogP contribution in [0.1, 0.15) is 61.9 Å². The molecule has 6 heteroatoms. The van der Waals surface area contributed by atoms with E-state index in [9.17, 15) is 14.4 Å². The maximum atomic E-state index is 13.0. The molecule has 0 bridgehead atoms. The zero-order valence-electron chi connectivity index (χ0n) is 16.7. The van der Waals surface area contributed by atoms with Gasteiger partial charge in [0, 0.05) is 23.9 Å². The zero-order valence-corrected chi connectivity index (χ0v) is 16.7. The first-order valence-electron chi connectivity index (χ1n) is 8.93. The summed E-state index contributed by atoms with van der Waals surface area (Å²) in [5.41, 5.74) is 3.41. The van der Waals surface area contributed by atoms with Crippen molar-refractivity contribution in [3.05, 3.63) is 57.9 Å². The highest BCUT2D eigenvalue weighted by atomic mass is 16.5. The molecule has 27 heavy (non-hydrogen) atoms. The van der Waals surface area contributed by atoms with Crippen LogP contribution in [0, 0.1) is 20.8 Å². The van der Waals surface area contributed by atoms with E-state index in [2.05, 4.69) is 4.98 Å². The lowest BCUT2D eigenvalue weighted by Crippen LogP contribution is -2.40. The van der Waals surface area contributed by atoms with Crippen molar-refractivity contribution < 1.29 is 19.1 Å². The number of esters is 1. The minimum absolute atomic E-state index is 0.222. The normalized spacial score (nSPS) is 11.8. The van der Waals surface area contributed by atoms with Crippen molar-refractivity contribution in [2.24, 2.45) is 0 Å². The van der Waals surface area contributed by atoms with Gasteiger partial charge in [0.15, 0.2) is 5.78 Å². The number of amides is 1. The average Bonchev–Trinajstić information content (AvgIpc) is 2.94. The van der Waals surface area contributed by atoms with E-state index in [1.165, 1.54) is 4.90 Å². The van der Waals surface area contributed by atoms with E-state index in [0.29, 0.717) is 22.4 Å².